The van der Waals surface area contributed by atoms with Crippen molar-refractivity contribution >= 4 is 0 Å². The van der Waals surface area contributed by atoms with E-state index in [1.807, 2.05) is 13.8 Å². The topological polar surface area (TPSA) is 41.5 Å². The summed E-state index contributed by atoms with van der Waals surface area (Å²) in [5.41, 5.74) is 1.44. The van der Waals surface area contributed by atoms with Gasteiger partial charge in [0.1, 0.15) is 5.76 Å². The molecule has 0 aliphatic heterocycles. The Labute approximate surface area is 67.4 Å². The fourth-order valence-electron chi connectivity index (χ4n) is 0.546. The summed E-state index contributed by atoms with van der Waals surface area (Å²) < 4.78 is 4.95. The quantitative estimate of drug-likeness (QED) is 0.598. The molecular weight excluding hydrogens is 142 g/mol. The molecule has 0 bridgehead atoms. The van der Waals surface area contributed by atoms with Gasteiger partial charge in [-0.3, -0.25) is 0 Å². The highest BCUT2D eigenvalue weighted by atomic mass is 16.5. The van der Waals surface area contributed by atoms with E-state index in [4.69, 9.17) is 9.84 Å². The lowest BCUT2D eigenvalue weighted by Crippen LogP contribution is -2.14. The number of rotatable bonds is 4. The van der Waals surface area contributed by atoms with Crippen LogP contribution in [0.15, 0.2) is 23.7 Å². The molecule has 0 spiro atoms. The van der Waals surface area contributed by atoms with Gasteiger partial charge in [-0.1, -0.05) is 6.58 Å². The lowest BCUT2D eigenvalue weighted by Gasteiger charge is -2.09. The molecule has 2 N–H and O–H groups in total. The first-order valence-corrected chi connectivity index (χ1v) is 3.39. The Morgan fingerprint density at radius 2 is 2.09 bits per heavy atom. The third kappa shape index (κ3) is 3.68. The van der Waals surface area contributed by atoms with Gasteiger partial charge in [0.15, 0.2) is 0 Å². The van der Waals surface area contributed by atoms with Gasteiger partial charge in [0.2, 0.25) is 0 Å². The summed E-state index contributed by atoms with van der Waals surface area (Å²) in [7, 11) is 1.60. The Bertz CT molecular complexity index is 173. The summed E-state index contributed by atoms with van der Waals surface area (Å²) in [6.45, 7) is 7.22. The number of aliphatic hydroxyl groups excluding tert-OH is 1. The van der Waals surface area contributed by atoms with E-state index in [2.05, 4.69) is 11.9 Å². The van der Waals surface area contributed by atoms with Crippen molar-refractivity contribution in [2.75, 3.05) is 13.7 Å². The highest BCUT2D eigenvalue weighted by Gasteiger charge is 1.96. The molecule has 0 aromatic carbocycles. The molecule has 0 unspecified atom stereocenters. The van der Waals surface area contributed by atoms with Gasteiger partial charge >= 0.3 is 0 Å². The monoisotopic (exact) mass is 157 g/mol. The van der Waals surface area contributed by atoms with E-state index in [0.717, 1.165) is 11.5 Å². The van der Waals surface area contributed by atoms with Gasteiger partial charge in [0, 0.05) is 11.4 Å². The highest BCUT2D eigenvalue weighted by Crippen LogP contribution is 2.01. The average Bonchev–Trinajstić information content (AvgIpc) is 2.02. The molecule has 64 valence electrons. The third-order valence-corrected chi connectivity index (χ3v) is 1.39. The van der Waals surface area contributed by atoms with Crippen LogP contribution >= 0.6 is 0 Å². The molecule has 0 radical (unpaired) electrons. The molecule has 0 saturated carbocycles. The van der Waals surface area contributed by atoms with E-state index < -0.39 is 0 Å². The van der Waals surface area contributed by atoms with Crippen molar-refractivity contribution in [2.24, 2.45) is 0 Å². The molecule has 3 heteroatoms. The Morgan fingerprint density at radius 1 is 1.55 bits per heavy atom. The minimum absolute atomic E-state index is 0.0612. The molecule has 3 nitrogen and oxygen atoms in total. The van der Waals surface area contributed by atoms with Crippen molar-refractivity contribution in [3.05, 3.63) is 23.7 Å². The molecular formula is C8H15NO2. The lowest BCUT2D eigenvalue weighted by molar-refractivity contribution is 0.284. The Hall–Kier alpha value is -0.960. The van der Waals surface area contributed by atoms with Crippen molar-refractivity contribution in [1.82, 2.24) is 5.32 Å². The van der Waals surface area contributed by atoms with Crippen LogP contribution in [0.4, 0.5) is 0 Å². The van der Waals surface area contributed by atoms with E-state index in [0.29, 0.717) is 5.70 Å². The Balaban J connectivity index is 4.05. The molecule has 0 aliphatic carbocycles. The minimum atomic E-state index is -0.0612. The largest absolute Gasteiger partial charge is 0.500 e. The van der Waals surface area contributed by atoms with Crippen molar-refractivity contribution in [3.63, 3.8) is 0 Å². The van der Waals surface area contributed by atoms with Crippen molar-refractivity contribution in [3.8, 4) is 0 Å². The summed E-state index contributed by atoms with van der Waals surface area (Å²) in [4.78, 5) is 0. The molecule has 0 aromatic rings. The molecule has 0 saturated heterocycles. The molecule has 0 fully saturated rings. The number of ether oxygens (including phenoxy) is 1. The van der Waals surface area contributed by atoms with E-state index >= 15 is 0 Å². The van der Waals surface area contributed by atoms with Crippen molar-refractivity contribution < 1.29 is 9.84 Å². The predicted molar refractivity (Wildman–Crippen MR) is 44.7 cm³/mol. The first-order chi connectivity index (χ1) is 5.11. The Kier molecular flexibility index (Phi) is 4.38. The molecule has 11 heavy (non-hydrogen) atoms. The SMILES string of the molecule is C=C(CO)N/C(C)=C(\C)OC. The van der Waals surface area contributed by atoms with Crippen molar-refractivity contribution in [2.45, 2.75) is 13.8 Å². The molecule has 0 rings (SSSR count). The average molecular weight is 157 g/mol. The normalized spacial score (nSPS) is 12.0. The van der Waals surface area contributed by atoms with E-state index in [-0.39, 0.29) is 6.61 Å². The maximum absolute atomic E-state index is 8.61. The standard InChI is InChI=1S/C8H15NO2/c1-6(5-10)9-7(2)8(3)11-4/h9-10H,1,5H2,2-4H3/b8-7+. The van der Waals surface area contributed by atoms with Gasteiger partial charge in [-0.2, -0.15) is 0 Å². The maximum Gasteiger partial charge on any atom is 0.111 e. The van der Waals surface area contributed by atoms with Gasteiger partial charge in [-0.05, 0) is 13.8 Å². The van der Waals surface area contributed by atoms with Gasteiger partial charge < -0.3 is 15.2 Å². The van der Waals surface area contributed by atoms with E-state index in [1.54, 1.807) is 7.11 Å². The van der Waals surface area contributed by atoms with Crippen LogP contribution < -0.4 is 5.32 Å². The summed E-state index contributed by atoms with van der Waals surface area (Å²) in [6, 6.07) is 0. The van der Waals surface area contributed by atoms with Crippen molar-refractivity contribution in [1.29, 1.82) is 0 Å². The van der Waals surface area contributed by atoms with Crippen LogP contribution in [-0.4, -0.2) is 18.8 Å². The zero-order chi connectivity index (χ0) is 8.85. The minimum Gasteiger partial charge on any atom is -0.500 e. The molecule has 0 amide bonds. The van der Waals surface area contributed by atoms with Crippen LogP contribution in [0.1, 0.15) is 13.8 Å². The molecule has 0 heterocycles. The summed E-state index contributed by atoms with van der Waals surface area (Å²) >= 11 is 0. The first-order valence-electron chi connectivity index (χ1n) is 3.39. The second kappa shape index (κ2) is 4.79. The second-order valence-electron chi connectivity index (χ2n) is 2.27. The Morgan fingerprint density at radius 3 is 2.45 bits per heavy atom. The zero-order valence-electron chi connectivity index (χ0n) is 7.27. The number of methoxy groups -OCH3 is 1. The zero-order valence-corrected chi connectivity index (χ0v) is 7.27. The fourth-order valence-corrected chi connectivity index (χ4v) is 0.546. The number of hydrogen-bond acceptors (Lipinski definition) is 3. The van der Waals surface area contributed by atoms with Crippen LogP contribution in [0.2, 0.25) is 0 Å². The van der Waals surface area contributed by atoms with Crippen LogP contribution in [0.25, 0.3) is 0 Å². The number of aliphatic hydroxyl groups is 1. The van der Waals surface area contributed by atoms with Crippen LogP contribution in [0.3, 0.4) is 0 Å². The summed E-state index contributed by atoms with van der Waals surface area (Å²) in [5, 5.41) is 11.5. The third-order valence-electron chi connectivity index (χ3n) is 1.39. The number of allylic oxidation sites excluding steroid dienone is 2. The summed E-state index contributed by atoms with van der Waals surface area (Å²) in [5.74, 6) is 0.791. The van der Waals surface area contributed by atoms with Gasteiger partial charge in [0.05, 0.1) is 13.7 Å². The number of nitrogens with one attached hydrogen (secondary N) is 1. The van der Waals surface area contributed by atoms with E-state index in [9.17, 15) is 0 Å². The molecule has 0 atom stereocenters. The predicted octanol–water partition coefficient (Wildman–Crippen LogP) is 0.980. The van der Waals surface area contributed by atoms with Gasteiger partial charge in [-0.15, -0.1) is 0 Å². The fraction of sp³-hybridized carbons (Fsp3) is 0.500. The lowest BCUT2D eigenvalue weighted by atomic mass is 10.4. The van der Waals surface area contributed by atoms with Crippen LogP contribution in [0, 0.1) is 0 Å². The maximum atomic E-state index is 8.61. The van der Waals surface area contributed by atoms with Gasteiger partial charge in [0.25, 0.3) is 0 Å². The molecule has 0 aliphatic rings. The van der Waals surface area contributed by atoms with E-state index in [1.165, 1.54) is 0 Å². The van der Waals surface area contributed by atoms with Gasteiger partial charge in [-0.25, -0.2) is 0 Å². The first kappa shape index (κ1) is 10.0. The van der Waals surface area contributed by atoms with Crippen LogP contribution in [0.5, 0.6) is 0 Å². The smallest absolute Gasteiger partial charge is 0.111 e. The molecule has 0 aromatic heterocycles. The second-order valence-corrected chi connectivity index (χ2v) is 2.27. The highest BCUT2D eigenvalue weighted by molar-refractivity contribution is 5.08. The van der Waals surface area contributed by atoms with Crippen LogP contribution in [-0.2, 0) is 4.74 Å². The summed E-state index contributed by atoms with van der Waals surface area (Å²) in [6.07, 6.45) is 0. The number of hydrogen-bond donors (Lipinski definition) is 2.